The zero-order valence-corrected chi connectivity index (χ0v) is 7.83. The number of hydrogen-bond acceptors (Lipinski definition) is 3. The molecule has 1 atom stereocenters. The van der Waals surface area contributed by atoms with Gasteiger partial charge in [-0.15, -0.1) is 0 Å². The lowest BCUT2D eigenvalue weighted by atomic mass is 10.3. The van der Waals surface area contributed by atoms with Crippen molar-refractivity contribution >= 4 is 5.69 Å². The molecule has 0 amide bonds. The molecule has 0 radical (unpaired) electrons. The van der Waals surface area contributed by atoms with Crippen molar-refractivity contribution in [1.82, 2.24) is 9.78 Å². The van der Waals surface area contributed by atoms with E-state index in [4.69, 9.17) is 11.5 Å². The summed E-state index contributed by atoms with van der Waals surface area (Å²) >= 11 is 0. The Labute approximate surface area is 72.5 Å². The maximum Gasteiger partial charge on any atom is 0.0826 e. The van der Waals surface area contributed by atoms with E-state index in [0.717, 1.165) is 17.1 Å². The largest absolute Gasteiger partial charge is 0.396 e. The predicted octanol–water partition coefficient (Wildman–Crippen LogP) is 0.602. The van der Waals surface area contributed by atoms with Gasteiger partial charge in [-0.1, -0.05) is 0 Å². The van der Waals surface area contributed by atoms with Crippen LogP contribution in [-0.4, -0.2) is 16.3 Å². The van der Waals surface area contributed by atoms with Crippen LogP contribution in [-0.2, 0) is 0 Å². The number of nitrogen functional groups attached to an aromatic ring is 1. The molecule has 0 aliphatic rings. The minimum Gasteiger partial charge on any atom is -0.396 e. The van der Waals surface area contributed by atoms with Crippen LogP contribution in [0.25, 0.3) is 0 Å². The maximum atomic E-state index is 5.77. The summed E-state index contributed by atoms with van der Waals surface area (Å²) < 4.78 is 1.88. The average Bonchev–Trinajstić information content (AvgIpc) is 2.32. The number of rotatable bonds is 2. The smallest absolute Gasteiger partial charge is 0.0826 e. The molecule has 4 heteroatoms. The first-order valence-electron chi connectivity index (χ1n) is 4.09. The Kier molecular flexibility index (Phi) is 2.38. The molecule has 0 saturated carbocycles. The van der Waals surface area contributed by atoms with E-state index < -0.39 is 0 Å². The van der Waals surface area contributed by atoms with Gasteiger partial charge in [-0.3, -0.25) is 4.68 Å². The van der Waals surface area contributed by atoms with E-state index in [-0.39, 0.29) is 6.04 Å². The van der Waals surface area contributed by atoms with Gasteiger partial charge in [0.15, 0.2) is 0 Å². The first kappa shape index (κ1) is 9.06. The Morgan fingerprint density at radius 2 is 2.08 bits per heavy atom. The van der Waals surface area contributed by atoms with Crippen molar-refractivity contribution in [3.05, 3.63) is 11.4 Å². The zero-order valence-electron chi connectivity index (χ0n) is 7.83. The van der Waals surface area contributed by atoms with Crippen molar-refractivity contribution in [2.24, 2.45) is 5.73 Å². The van der Waals surface area contributed by atoms with Crippen LogP contribution in [0.4, 0.5) is 5.69 Å². The van der Waals surface area contributed by atoms with E-state index >= 15 is 0 Å². The number of anilines is 1. The Morgan fingerprint density at radius 1 is 1.50 bits per heavy atom. The van der Waals surface area contributed by atoms with Crippen molar-refractivity contribution in [3.8, 4) is 0 Å². The Bertz CT molecular complexity index is 277. The third-order valence-electron chi connectivity index (χ3n) is 2.14. The molecule has 68 valence electrons. The van der Waals surface area contributed by atoms with Crippen LogP contribution >= 0.6 is 0 Å². The molecule has 0 aliphatic heterocycles. The standard InChI is InChI=1S/C8H16N4/c1-5(4-9)12-7(3)8(10)6(2)11-12/h5H,4,9-10H2,1-3H3. The van der Waals surface area contributed by atoms with Gasteiger partial charge in [0.05, 0.1) is 23.1 Å². The van der Waals surface area contributed by atoms with E-state index in [2.05, 4.69) is 5.10 Å². The molecule has 0 spiro atoms. The minimum atomic E-state index is 0.223. The number of aryl methyl sites for hydroxylation is 1. The second-order valence-corrected chi connectivity index (χ2v) is 3.11. The van der Waals surface area contributed by atoms with Crippen LogP contribution in [0.2, 0.25) is 0 Å². The normalized spacial score (nSPS) is 13.3. The van der Waals surface area contributed by atoms with Crippen LogP contribution in [0.3, 0.4) is 0 Å². The van der Waals surface area contributed by atoms with E-state index in [1.54, 1.807) is 0 Å². The van der Waals surface area contributed by atoms with Crippen molar-refractivity contribution in [2.45, 2.75) is 26.8 Å². The van der Waals surface area contributed by atoms with Gasteiger partial charge in [-0.25, -0.2) is 0 Å². The lowest BCUT2D eigenvalue weighted by Gasteiger charge is -2.10. The first-order chi connectivity index (χ1) is 5.57. The van der Waals surface area contributed by atoms with Gasteiger partial charge < -0.3 is 11.5 Å². The van der Waals surface area contributed by atoms with E-state index in [9.17, 15) is 0 Å². The summed E-state index contributed by atoms with van der Waals surface area (Å²) in [6.07, 6.45) is 0. The summed E-state index contributed by atoms with van der Waals surface area (Å²) in [5, 5.41) is 4.29. The zero-order chi connectivity index (χ0) is 9.30. The second kappa shape index (κ2) is 3.15. The van der Waals surface area contributed by atoms with Gasteiger partial charge in [0.1, 0.15) is 0 Å². The summed E-state index contributed by atoms with van der Waals surface area (Å²) in [7, 11) is 0. The molecule has 4 N–H and O–H groups in total. The predicted molar refractivity (Wildman–Crippen MR) is 49.9 cm³/mol. The highest BCUT2D eigenvalue weighted by Gasteiger charge is 2.11. The fourth-order valence-corrected chi connectivity index (χ4v) is 1.20. The summed E-state index contributed by atoms with van der Waals surface area (Å²) in [4.78, 5) is 0. The van der Waals surface area contributed by atoms with E-state index in [1.165, 1.54) is 0 Å². The molecular formula is C8H16N4. The third-order valence-corrected chi connectivity index (χ3v) is 2.14. The molecule has 12 heavy (non-hydrogen) atoms. The van der Waals surface area contributed by atoms with Crippen molar-refractivity contribution in [1.29, 1.82) is 0 Å². The van der Waals surface area contributed by atoms with Gasteiger partial charge in [-0.05, 0) is 20.8 Å². The monoisotopic (exact) mass is 168 g/mol. The lowest BCUT2D eigenvalue weighted by molar-refractivity contribution is 0.487. The molecular weight excluding hydrogens is 152 g/mol. The Hall–Kier alpha value is -1.03. The molecule has 0 aromatic carbocycles. The van der Waals surface area contributed by atoms with Crippen LogP contribution in [0.5, 0.6) is 0 Å². The fraction of sp³-hybridized carbons (Fsp3) is 0.625. The van der Waals surface area contributed by atoms with Crippen LogP contribution in [0.15, 0.2) is 0 Å². The molecule has 4 nitrogen and oxygen atoms in total. The summed E-state index contributed by atoms with van der Waals surface area (Å²) in [5.74, 6) is 0. The highest BCUT2D eigenvalue weighted by molar-refractivity contribution is 5.46. The molecule has 1 aromatic rings. The van der Waals surface area contributed by atoms with Gasteiger partial charge in [0.2, 0.25) is 0 Å². The molecule has 1 rings (SSSR count). The quantitative estimate of drug-likeness (QED) is 0.679. The van der Waals surface area contributed by atoms with Crippen molar-refractivity contribution in [2.75, 3.05) is 12.3 Å². The fourth-order valence-electron chi connectivity index (χ4n) is 1.20. The number of aromatic nitrogens is 2. The second-order valence-electron chi connectivity index (χ2n) is 3.11. The van der Waals surface area contributed by atoms with Gasteiger partial charge in [0, 0.05) is 6.54 Å². The molecule has 0 saturated heterocycles. The summed E-state index contributed by atoms with van der Waals surface area (Å²) in [5.41, 5.74) is 14.0. The van der Waals surface area contributed by atoms with E-state index in [1.807, 2.05) is 25.5 Å². The molecule has 0 aliphatic carbocycles. The number of nitrogens with two attached hydrogens (primary N) is 2. The summed E-state index contributed by atoms with van der Waals surface area (Å²) in [6.45, 7) is 6.48. The lowest BCUT2D eigenvalue weighted by Crippen LogP contribution is -2.18. The maximum absolute atomic E-state index is 5.77. The van der Waals surface area contributed by atoms with Gasteiger partial charge in [0.25, 0.3) is 0 Å². The average molecular weight is 168 g/mol. The molecule has 0 bridgehead atoms. The SMILES string of the molecule is Cc1nn(C(C)CN)c(C)c1N. The first-order valence-corrected chi connectivity index (χ1v) is 4.09. The van der Waals surface area contributed by atoms with Crippen molar-refractivity contribution < 1.29 is 0 Å². The van der Waals surface area contributed by atoms with Crippen LogP contribution in [0, 0.1) is 13.8 Å². The molecule has 1 unspecified atom stereocenters. The van der Waals surface area contributed by atoms with Crippen LogP contribution in [0.1, 0.15) is 24.4 Å². The van der Waals surface area contributed by atoms with Gasteiger partial charge in [-0.2, -0.15) is 5.10 Å². The molecule has 0 fully saturated rings. The number of hydrogen-bond donors (Lipinski definition) is 2. The molecule has 1 aromatic heterocycles. The van der Waals surface area contributed by atoms with Crippen LogP contribution < -0.4 is 11.5 Å². The highest BCUT2D eigenvalue weighted by atomic mass is 15.3. The Morgan fingerprint density at radius 3 is 2.42 bits per heavy atom. The third kappa shape index (κ3) is 1.30. The minimum absolute atomic E-state index is 0.223. The topological polar surface area (TPSA) is 69.9 Å². The van der Waals surface area contributed by atoms with E-state index in [0.29, 0.717) is 6.54 Å². The Balaban J connectivity index is 3.08. The highest BCUT2D eigenvalue weighted by Crippen LogP contribution is 2.18. The van der Waals surface area contributed by atoms with Gasteiger partial charge >= 0.3 is 0 Å². The number of nitrogens with zero attached hydrogens (tertiary/aromatic N) is 2. The molecule has 1 heterocycles. The van der Waals surface area contributed by atoms with Crippen molar-refractivity contribution in [3.63, 3.8) is 0 Å². The summed E-state index contributed by atoms with van der Waals surface area (Å²) in [6, 6.07) is 0.223.